The van der Waals surface area contributed by atoms with Crippen LogP contribution in [0.1, 0.15) is 38.4 Å². The molecule has 2 N–H and O–H groups in total. The van der Waals surface area contributed by atoms with E-state index in [9.17, 15) is 5.11 Å². The Morgan fingerprint density at radius 1 is 1.33 bits per heavy atom. The van der Waals surface area contributed by atoms with Gasteiger partial charge in [-0.05, 0) is 56.4 Å². The van der Waals surface area contributed by atoms with Gasteiger partial charge in [0.25, 0.3) is 0 Å². The monoisotopic (exact) mass is 406 g/mol. The number of aromatic nitrogens is 5. The minimum Gasteiger partial charge on any atom is -0.507 e. The van der Waals surface area contributed by atoms with Crippen LogP contribution in [0, 0.1) is 0 Å². The number of rotatable bonds is 3. The number of hydrogen-bond acceptors (Lipinski definition) is 6. The zero-order chi connectivity index (χ0) is 20.7. The van der Waals surface area contributed by atoms with Crippen molar-refractivity contribution in [2.45, 2.75) is 50.4 Å². The lowest BCUT2D eigenvalue weighted by molar-refractivity contribution is 0.0993. The van der Waals surface area contributed by atoms with E-state index in [0.717, 1.165) is 30.5 Å². The van der Waals surface area contributed by atoms with Crippen molar-refractivity contribution in [2.75, 3.05) is 0 Å². The standard InChI is InChI=1S/C22H23FN6O/c1-22-6-2-3-15(26-22)9-14(21(22)23)10-20-25-12-18(27-28-20)17-5-4-16(11-19(17)30)29-8-7-24-13-29/h4-5,7-8,10-13,15,21,26,30H,2-3,6,9H2,1H3/b14-10+/t15-,21-,22+/m1/s1. The maximum Gasteiger partial charge on any atom is 0.174 e. The molecule has 0 saturated carbocycles. The third-order valence-electron chi connectivity index (χ3n) is 6.10. The summed E-state index contributed by atoms with van der Waals surface area (Å²) in [7, 11) is 0. The number of nitrogens with one attached hydrogen (secondary N) is 1. The summed E-state index contributed by atoms with van der Waals surface area (Å²) in [6.07, 6.45) is 11.0. The summed E-state index contributed by atoms with van der Waals surface area (Å²) < 4.78 is 16.9. The second-order valence-electron chi connectivity index (χ2n) is 8.31. The Morgan fingerprint density at radius 2 is 2.23 bits per heavy atom. The number of fused-ring (bicyclic) bond motifs is 2. The first kappa shape index (κ1) is 18.9. The molecule has 2 aliphatic heterocycles. The number of aromatic hydroxyl groups is 1. The van der Waals surface area contributed by atoms with Crippen LogP contribution in [0.25, 0.3) is 23.0 Å². The molecule has 4 heterocycles. The molecule has 154 valence electrons. The van der Waals surface area contributed by atoms with Crippen LogP contribution in [-0.4, -0.2) is 47.6 Å². The predicted octanol–water partition coefficient (Wildman–Crippen LogP) is 3.46. The fourth-order valence-electron chi connectivity index (χ4n) is 4.56. The minimum absolute atomic E-state index is 0.0753. The molecule has 0 aliphatic carbocycles. The summed E-state index contributed by atoms with van der Waals surface area (Å²) in [4.78, 5) is 8.36. The van der Waals surface area contributed by atoms with Crippen LogP contribution in [0.3, 0.4) is 0 Å². The number of imidazole rings is 1. The topological polar surface area (TPSA) is 88.8 Å². The largest absolute Gasteiger partial charge is 0.507 e. The summed E-state index contributed by atoms with van der Waals surface area (Å²) in [5.41, 5.74) is 1.99. The van der Waals surface area contributed by atoms with E-state index in [1.54, 1.807) is 47.7 Å². The second-order valence-corrected chi connectivity index (χ2v) is 8.31. The summed E-state index contributed by atoms with van der Waals surface area (Å²) in [5.74, 6) is 0.459. The van der Waals surface area contributed by atoms with Crippen LogP contribution < -0.4 is 5.32 Å². The Hall–Kier alpha value is -3.13. The lowest BCUT2D eigenvalue weighted by Gasteiger charge is -2.47. The summed E-state index contributed by atoms with van der Waals surface area (Å²) in [6.45, 7) is 1.95. The molecule has 3 atom stereocenters. The molecular formula is C22H23FN6O. The molecule has 2 fully saturated rings. The van der Waals surface area contributed by atoms with Crippen LogP contribution in [0.4, 0.5) is 4.39 Å². The molecule has 2 saturated heterocycles. The molecule has 2 aliphatic rings. The average molecular weight is 406 g/mol. The number of benzene rings is 1. The van der Waals surface area contributed by atoms with Crippen LogP contribution in [-0.2, 0) is 0 Å². The van der Waals surface area contributed by atoms with Gasteiger partial charge in [-0.3, -0.25) is 0 Å². The summed E-state index contributed by atoms with van der Waals surface area (Å²) in [6, 6.07) is 5.56. The highest BCUT2D eigenvalue weighted by Gasteiger charge is 2.45. The van der Waals surface area contributed by atoms with Gasteiger partial charge in [0, 0.05) is 30.1 Å². The first-order chi connectivity index (χ1) is 14.5. The number of piperidine rings is 2. The van der Waals surface area contributed by atoms with Gasteiger partial charge in [0.1, 0.15) is 17.6 Å². The Labute approximate surface area is 173 Å². The van der Waals surface area contributed by atoms with Gasteiger partial charge in [-0.2, -0.15) is 0 Å². The molecule has 30 heavy (non-hydrogen) atoms. The first-order valence-electron chi connectivity index (χ1n) is 10.2. The third kappa shape index (κ3) is 3.37. The van der Waals surface area contributed by atoms with Crippen molar-refractivity contribution in [1.29, 1.82) is 0 Å². The van der Waals surface area contributed by atoms with E-state index in [1.165, 1.54) is 0 Å². The molecule has 0 unspecified atom stereocenters. The van der Waals surface area contributed by atoms with Crippen molar-refractivity contribution >= 4 is 6.08 Å². The van der Waals surface area contributed by atoms with Crippen molar-refractivity contribution in [3.8, 4) is 22.7 Å². The molecule has 8 heteroatoms. The molecule has 1 aromatic carbocycles. The average Bonchev–Trinajstić information content (AvgIpc) is 3.28. The van der Waals surface area contributed by atoms with Crippen molar-refractivity contribution in [1.82, 2.24) is 30.0 Å². The van der Waals surface area contributed by atoms with Crippen molar-refractivity contribution in [3.63, 3.8) is 0 Å². The van der Waals surface area contributed by atoms with E-state index < -0.39 is 11.7 Å². The number of halogens is 1. The molecule has 0 amide bonds. The molecular weight excluding hydrogens is 383 g/mol. The quantitative estimate of drug-likeness (QED) is 0.693. The van der Waals surface area contributed by atoms with Crippen LogP contribution in [0.5, 0.6) is 5.75 Å². The lowest BCUT2D eigenvalue weighted by Crippen LogP contribution is -2.61. The van der Waals surface area contributed by atoms with Gasteiger partial charge in [-0.15, -0.1) is 10.2 Å². The minimum atomic E-state index is -1.06. The number of phenolic OH excluding ortho intramolecular Hbond substituents is 1. The van der Waals surface area contributed by atoms with Gasteiger partial charge >= 0.3 is 0 Å². The van der Waals surface area contributed by atoms with Crippen molar-refractivity contribution in [2.24, 2.45) is 0 Å². The number of nitrogens with zero attached hydrogens (tertiary/aromatic N) is 5. The molecule has 7 nitrogen and oxygen atoms in total. The molecule has 0 radical (unpaired) electrons. The Morgan fingerprint density at radius 3 is 2.97 bits per heavy atom. The summed E-state index contributed by atoms with van der Waals surface area (Å²) in [5, 5.41) is 22.2. The van der Waals surface area contributed by atoms with E-state index in [1.807, 2.05) is 13.0 Å². The van der Waals surface area contributed by atoms with E-state index in [2.05, 4.69) is 25.5 Å². The number of alkyl halides is 1. The Bertz CT molecular complexity index is 1080. The van der Waals surface area contributed by atoms with E-state index in [-0.39, 0.29) is 5.75 Å². The van der Waals surface area contributed by atoms with Gasteiger partial charge in [0.15, 0.2) is 5.82 Å². The lowest BCUT2D eigenvalue weighted by atomic mass is 9.74. The van der Waals surface area contributed by atoms with Crippen molar-refractivity contribution in [3.05, 3.63) is 54.5 Å². The molecule has 2 bridgehead atoms. The Kier molecular flexibility index (Phi) is 4.58. The SMILES string of the molecule is C[C@]12CCC[C@H](C/C(=C\c3ncc(-c4ccc(-n5ccnc5)cc4O)nn3)[C@H]1F)N2. The first-order valence-corrected chi connectivity index (χ1v) is 10.2. The number of hydrogen-bond donors (Lipinski definition) is 2. The smallest absolute Gasteiger partial charge is 0.174 e. The fourth-order valence-corrected chi connectivity index (χ4v) is 4.56. The summed E-state index contributed by atoms with van der Waals surface area (Å²) >= 11 is 0. The van der Waals surface area contributed by atoms with Gasteiger partial charge in [0.2, 0.25) is 0 Å². The van der Waals surface area contributed by atoms with Gasteiger partial charge in [-0.1, -0.05) is 0 Å². The zero-order valence-electron chi connectivity index (χ0n) is 16.7. The van der Waals surface area contributed by atoms with Crippen LogP contribution in [0.15, 0.2) is 48.7 Å². The molecule has 3 aromatic rings. The Balaban J connectivity index is 1.39. The third-order valence-corrected chi connectivity index (χ3v) is 6.10. The highest BCUT2D eigenvalue weighted by atomic mass is 19.1. The molecule has 2 aromatic heterocycles. The maximum absolute atomic E-state index is 15.1. The van der Waals surface area contributed by atoms with E-state index in [4.69, 9.17) is 0 Å². The zero-order valence-corrected chi connectivity index (χ0v) is 16.7. The normalized spacial score (nSPS) is 27.3. The fraction of sp³-hybridized carbons (Fsp3) is 0.364. The second kappa shape index (κ2) is 7.28. The van der Waals surface area contributed by atoms with Crippen LogP contribution in [0.2, 0.25) is 0 Å². The van der Waals surface area contributed by atoms with E-state index >= 15 is 4.39 Å². The van der Waals surface area contributed by atoms with Gasteiger partial charge < -0.3 is 15.0 Å². The number of phenols is 1. The maximum atomic E-state index is 15.1. The highest BCUT2D eigenvalue weighted by Crippen LogP contribution is 2.39. The van der Waals surface area contributed by atoms with Crippen LogP contribution >= 0.6 is 0 Å². The predicted molar refractivity (Wildman–Crippen MR) is 111 cm³/mol. The van der Waals surface area contributed by atoms with E-state index in [0.29, 0.717) is 29.5 Å². The van der Waals surface area contributed by atoms with Gasteiger partial charge in [0.05, 0.1) is 23.8 Å². The molecule has 0 spiro atoms. The molecule has 5 rings (SSSR count). The highest BCUT2D eigenvalue weighted by molar-refractivity contribution is 5.68. The van der Waals surface area contributed by atoms with Crippen molar-refractivity contribution < 1.29 is 9.50 Å². The van der Waals surface area contributed by atoms with Gasteiger partial charge in [-0.25, -0.2) is 14.4 Å².